The molecule has 0 bridgehead atoms. The van der Waals surface area contributed by atoms with Crippen LogP contribution in [0.2, 0.25) is 0 Å². The van der Waals surface area contributed by atoms with Crippen molar-refractivity contribution in [1.29, 1.82) is 0 Å². The van der Waals surface area contributed by atoms with Crippen molar-refractivity contribution in [1.82, 2.24) is 0 Å². The number of hydrogen-bond acceptors (Lipinski definition) is 4. The number of furan rings is 1. The number of carbonyl (C=O) groups excluding carboxylic acids is 2. The Morgan fingerprint density at radius 1 is 0.933 bits per heavy atom. The molecule has 4 nitrogen and oxygen atoms in total. The van der Waals surface area contributed by atoms with E-state index in [2.05, 4.69) is 5.32 Å². The minimum absolute atomic E-state index is 0.0192. The molecular weight excluding hydrogens is 388 g/mol. The maximum absolute atomic E-state index is 13.8. The van der Waals surface area contributed by atoms with Crippen molar-refractivity contribution in [3.63, 3.8) is 0 Å². The van der Waals surface area contributed by atoms with Gasteiger partial charge in [0.1, 0.15) is 17.2 Å². The lowest BCUT2D eigenvalue weighted by atomic mass is 10.1. The Labute approximate surface area is 171 Å². The van der Waals surface area contributed by atoms with Crippen LogP contribution >= 0.6 is 0 Å². The lowest BCUT2D eigenvalue weighted by Gasteiger charge is -2.07. The van der Waals surface area contributed by atoms with Gasteiger partial charge in [-0.1, -0.05) is 24.3 Å². The van der Waals surface area contributed by atoms with E-state index in [0.717, 1.165) is 0 Å². The number of rotatable bonds is 6. The molecule has 1 aromatic heterocycles. The third-order valence-electron chi connectivity index (χ3n) is 4.83. The number of halogens is 2. The van der Waals surface area contributed by atoms with Crippen molar-refractivity contribution < 1.29 is 22.8 Å². The largest absolute Gasteiger partial charge is 0.450 e. The fourth-order valence-electron chi connectivity index (χ4n) is 3.15. The van der Waals surface area contributed by atoms with Crippen molar-refractivity contribution in [2.45, 2.75) is 6.92 Å². The first-order valence-electron chi connectivity index (χ1n) is 9.29. The smallest absolute Gasteiger partial charge is 0.230 e. The molecule has 0 saturated carbocycles. The van der Waals surface area contributed by atoms with E-state index >= 15 is 0 Å². The Kier molecular flexibility index (Phi) is 5.14. The number of Topliss-reactive ketones (excluding diaryl/α,β-unsaturated/α-hetero) is 1. The highest BCUT2D eigenvalue weighted by Gasteiger charge is 2.22. The van der Waals surface area contributed by atoms with Gasteiger partial charge in [0.15, 0.2) is 11.5 Å². The van der Waals surface area contributed by atoms with Gasteiger partial charge in [0.05, 0.1) is 12.2 Å². The highest BCUT2D eigenvalue weighted by molar-refractivity contribution is 6.15. The van der Waals surface area contributed by atoms with Crippen LogP contribution in [0.15, 0.2) is 71.1 Å². The van der Waals surface area contributed by atoms with Crippen molar-refractivity contribution in [2.24, 2.45) is 0 Å². The van der Waals surface area contributed by atoms with Crippen LogP contribution in [-0.2, 0) is 0 Å². The molecule has 0 unspecified atom stereocenters. The number of carbonyl (C=O) groups is 2. The number of para-hydroxylation sites is 1. The lowest BCUT2D eigenvalue weighted by Crippen LogP contribution is -2.16. The van der Waals surface area contributed by atoms with E-state index in [0.29, 0.717) is 22.2 Å². The second kappa shape index (κ2) is 7.91. The highest BCUT2D eigenvalue weighted by Crippen LogP contribution is 2.32. The number of aryl methyl sites for hydroxylation is 1. The van der Waals surface area contributed by atoms with Crippen LogP contribution in [-0.4, -0.2) is 18.1 Å². The molecule has 0 amide bonds. The van der Waals surface area contributed by atoms with Crippen molar-refractivity contribution >= 4 is 28.2 Å². The third-order valence-corrected chi connectivity index (χ3v) is 4.83. The van der Waals surface area contributed by atoms with E-state index in [9.17, 15) is 18.4 Å². The van der Waals surface area contributed by atoms with Gasteiger partial charge in [-0.2, -0.15) is 0 Å². The summed E-state index contributed by atoms with van der Waals surface area (Å²) >= 11 is 0. The summed E-state index contributed by atoms with van der Waals surface area (Å²) < 4.78 is 32.7. The summed E-state index contributed by atoms with van der Waals surface area (Å²) in [5.74, 6) is -1.67. The molecule has 0 radical (unpaired) electrons. The summed E-state index contributed by atoms with van der Waals surface area (Å²) in [4.78, 5) is 25.5. The molecule has 150 valence electrons. The van der Waals surface area contributed by atoms with Gasteiger partial charge >= 0.3 is 0 Å². The monoisotopic (exact) mass is 405 g/mol. The van der Waals surface area contributed by atoms with E-state index in [1.54, 1.807) is 43.3 Å². The zero-order chi connectivity index (χ0) is 21.3. The molecule has 1 heterocycles. The number of fused-ring (bicyclic) bond motifs is 1. The molecule has 0 atom stereocenters. The van der Waals surface area contributed by atoms with Crippen LogP contribution in [0.4, 0.5) is 14.5 Å². The van der Waals surface area contributed by atoms with E-state index in [-0.39, 0.29) is 29.2 Å². The molecule has 0 aliphatic carbocycles. The number of ketones is 2. The minimum atomic E-state index is -0.457. The predicted octanol–water partition coefficient (Wildman–Crippen LogP) is 5.55. The summed E-state index contributed by atoms with van der Waals surface area (Å²) in [6, 6.07) is 16.4. The average Bonchev–Trinajstić information content (AvgIpc) is 3.12. The fraction of sp³-hybridized carbons (Fsp3) is 0.0833. The summed E-state index contributed by atoms with van der Waals surface area (Å²) in [6.45, 7) is 1.46. The van der Waals surface area contributed by atoms with Crippen LogP contribution in [0.1, 0.15) is 32.0 Å². The molecule has 0 aliphatic heterocycles. The zero-order valence-corrected chi connectivity index (χ0v) is 16.0. The van der Waals surface area contributed by atoms with Gasteiger partial charge < -0.3 is 9.73 Å². The highest BCUT2D eigenvalue weighted by atomic mass is 19.1. The molecule has 30 heavy (non-hydrogen) atoms. The topological polar surface area (TPSA) is 59.3 Å². The van der Waals surface area contributed by atoms with Gasteiger partial charge in [-0.25, -0.2) is 8.78 Å². The average molecular weight is 405 g/mol. The quantitative estimate of drug-likeness (QED) is 0.428. The van der Waals surface area contributed by atoms with Gasteiger partial charge in [-0.3, -0.25) is 9.59 Å². The second-order valence-electron chi connectivity index (χ2n) is 6.88. The van der Waals surface area contributed by atoms with Crippen molar-refractivity contribution in [3.8, 4) is 0 Å². The van der Waals surface area contributed by atoms with Crippen LogP contribution < -0.4 is 5.32 Å². The summed E-state index contributed by atoms with van der Waals surface area (Å²) in [5, 5.41) is 3.60. The van der Waals surface area contributed by atoms with Crippen molar-refractivity contribution in [3.05, 3.63) is 101 Å². The molecule has 4 aromatic rings. The van der Waals surface area contributed by atoms with Gasteiger partial charge in [0.2, 0.25) is 5.78 Å². The number of anilines is 1. The number of nitrogens with one attached hydrogen (secondary N) is 1. The number of hydrogen-bond donors (Lipinski definition) is 1. The van der Waals surface area contributed by atoms with Gasteiger partial charge in [0.25, 0.3) is 0 Å². The fourth-order valence-corrected chi connectivity index (χ4v) is 3.15. The maximum Gasteiger partial charge on any atom is 0.230 e. The normalized spacial score (nSPS) is 10.9. The molecule has 0 fully saturated rings. The molecule has 4 rings (SSSR count). The Hall–Kier alpha value is -3.80. The van der Waals surface area contributed by atoms with E-state index in [1.807, 2.05) is 0 Å². The first kappa shape index (κ1) is 19.5. The molecule has 3 aromatic carbocycles. The van der Waals surface area contributed by atoms with E-state index in [4.69, 9.17) is 4.42 Å². The Morgan fingerprint density at radius 3 is 2.37 bits per heavy atom. The standard InChI is InChI=1S/C24H17F2NO3/c1-14-6-7-16(12-19(14)26)20(28)13-27-22-18-4-2-3-5-21(18)30-24(22)23(29)15-8-10-17(25)11-9-15/h2-12,27H,13H2,1H3. The first-order valence-corrected chi connectivity index (χ1v) is 9.29. The molecular formula is C24H17F2NO3. The Morgan fingerprint density at radius 2 is 1.63 bits per heavy atom. The minimum Gasteiger partial charge on any atom is -0.450 e. The Balaban J connectivity index is 1.66. The molecule has 0 aliphatic rings. The van der Waals surface area contributed by atoms with Gasteiger partial charge in [-0.05, 0) is 55.0 Å². The molecule has 1 N–H and O–H groups in total. The molecule has 0 spiro atoms. The summed E-state index contributed by atoms with van der Waals surface area (Å²) in [6.07, 6.45) is 0. The lowest BCUT2D eigenvalue weighted by molar-refractivity contribution is 0.0997. The summed E-state index contributed by atoms with van der Waals surface area (Å²) in [7, 11) is 0. The van der Waals surface area contributed by atoms with Crippen LogP contribution in [0.5, 0.6) is 0 Å². The second-order valence-corrected chi connectivity index (χ2v) is 6.88. The summed E-state index contributed by atoms with van der Waals surface area (Å²) in [5.41, 5.74) is 1.77. The predicted molar refractivity (Wildman–Crippen MR) is 110 cm³/mol. The van der Waals surface area contributed by atoms with Gasteiger partial charge in [0, 0.05) is 16.5 Å². The number of benzene rings is 3. The van der Waals surface area contributed by atoms with E-state index < -0.39 is 17.4 Å². The Bertz CT molecular complexity index is 1260. The maximum atomic E-state index is 13.8. The third kappa shape index (κ3) is 3.72. The van der Waals surface area contributed by atoms with Gasteiger partial charge in [-0.15, -0.1) is 0 Å². The van der Waals surface area contributed by atoms with Crippen LogP contribution in [0.25, 0.3) is 11.0 Å². The van der Waals surface area contributed by atoms with Crippen LogP contribution in [0, 0.1) is 18.6 Å². The zero-order valence-electron chi connectivity index (χ0n) is 16.0. The SMILES string of the molecule is Cc1ccc(C(=O)CNc2c(C(=O)c3ccc(F)cc3)oc3ccccc23)cc1F. The molecule has 6 heteroatoms. The first-order chi connectivity index (χ1) is 14.4. The van der Waals surface area contributed by atoms with E-state index in [1.165, 1.54) is 30.3 Å². The molecule has 0 saturated heterocycles. The van der Waals surface area contributed by atoms with Crippen molar-refractivity contribution in [2.75, 3.05) is 11.9 Å². The van der Waals surface area contributed by atoms with Crippen LogP contribution in [0.3, 0.4) is 0 Å².